The Balaban J connectivity index is 2.73. The topological polar surface area (TPSA) is 33.7 Å². The molecule has 20 heavy (non-hydrogen) atoms. The smallest absolute Gasteiger partial charge is 0.173 e. The summed E-state index contributed by atoms with van der Waals surface area (Å²) >= 11 is 5.51. The molecule has 4 nitrogen and oxygen atoms in total. The van der Waals surface area contributed by atoms with Crippen LogP contribution in [-0.4, -0.2) is 50.5 Å². The van der Waals surface area contributed by atoms with Crippen LogP contribution in [0.2, 0.25) is 0 Å². The first-order chi connectivity index (χ1) is 9.60. The lowest BCUT2D eigenvalue weighted by molar-refractivity contribution is 0.147. The van der Waals surface area contributed by atoms with Gasteiger partial charge in [0.05, 0.1) is 13.2 Å². The summed E-state index contributed by atoms with van der Waals surface area (Å²) in [6.45, 7) is 6.92. The predicted octanol–water partition coefficient (Wildman–Crippen LogP) is 2.60. The Labute approximate surface area is 127 Å². The minimum Gasteiger partial charge on any atom is -0.383 e. The van der Waals surface area contributed by atoms with Crippen LogP contribution in [0.5, 0.6) is 0 Å². The third kappa shape index (κ3) is 5.07. The summed E-state index contributed by atoms with van der Waals surface area (Å²) in [6.07, 6.45) is 0. The molecule has 0 spiro atoms. The fraction of sp³-hybridized carbons (Fsp3) is 0.533. The Morgan fingerprint density at radius 2 is 1.60 bits per heavy atom. The van der Waals surface area contributed by atoms with Crippen LogP contribution >= 0.6 is 12.2 Å². The van der Waals surface area contributed by atoms with Crippen LogP contribution < -0.4 is 5.32 Å². The number of nitrogens with one attached hydrogen (secondary N) is 1. The highest BCUT2D eigenvalue weighted by molar-refractivity contribution is 7.80. The van der Waals surface area contributed by atoms with E-state index in [1.807, 2.05) is 6.07 Å². The molecule has 0 saturated heterocycles. The van der Waals surface area contributed by atoms with Gasteiger partial charge in [0.1, 0.15) is 0 Å². The molecular formula is C15H24N2O2S. The summed E-state index contributed by atoms with van der Waals surface area (Å²) < 4.78 is 10.3. The quantitative estimate of drug-likeness (QED) is 0.782. The Morgan fingerprint density at radius 3 is 2.05 bits per heavy atom. The van der Waals surface area contributed by atoms with Gasteiger partial charge in [0.15, 0.2) is 5.11 Å². The van der Waals surface area contributed by atoms with Crippen molar-refractivity contribution in [2.24, 2.45) is 0 Å². The van der Waals surface area contributed by atoms with Crippen LogP contribution in [0.4, 0.5) is 5.69 Å². The van der Waals surface area contributed by atoms with E-state index in [1.54, 1.807) is 14.2 Å². The molecular weight excluding hydrogens is 272 g/mol. The first-order valence-corrected chi connectivity index (χ1v) is 7.11. The molecule has 0 radical (unpaired) electrons. The maximum Gasteiger partial charge on any atom is 0.173 e. The van der Waals surface area contributed by atoms with E-state index in [4.69, 9.17) is 21.7 Å². The number of para-hydroxylation sites is 1. The van der Waals surface area contributed by atoms with Crippen LogP contribution in [0.25, 0.3) is 0 Å². The summed E-state index contributed by atoms with van der Waals surface area (Å²) in [5.41, 5.74) is 3.45. The SMILES string of the molecule is COCCN(CCOC)C(=S)Nc1c(C)cccc1C. The lowest BCUT2D eigenvalue weighted by Crippen LogP contribution is -2.39. The highest BCUT2D eigenvalue weighted by Gasteiger charge is 2.11. The Morgan fingerprint density at radius 1 is 1.10 bits per heavy atom. The average Bonchev–Trinajstić information content (AvgIpc) is 2.43. The summed E-state index contributed by atoms with van der Waals surface area (Å²) in [5, 5.41) is 4.05. The zero-order chi connectivity index (χ0) is 15.0. The number of hydrogen-bond acceptors (Lipinski definition) is 3. The number of thiocarbonyl (C=S) groups is 1. The molecule has 1 N–H and O–H groups in total. The second kappa shape index (κ2) is 8.89. The fourth-order valence-electron chi connectivity index (χ4n) is 1.92. The number of aryl methyl sites for hydroxylation is 2. The molecule has 0 bridgehead atoms. The van der Waals surface area contributed by atoms with Gasteiger partial charge in [0.2, 0.25) is 0 Å². The minimum absolute atomic E-state index is 0.637. The molecule has 0 unspecified atom stereocenters. The maximum atomic E-state index is 5.51. The molecule has 0 aromatic heterocycles. The van der Waals surface area contributed by atoms with Gasteiger partial charge in [0, 0.05) is 33.0 Å². The highest BCUT2D eigenvalue weighted by atomic mass is 32.1. The van der Waals surface area contributed by atoms with E-state index < -0.39 is 0 Å². The van der Waals surface area contributed by atoms with Gasteiger partial charge in [-0.25, -0.2) is 0 Å². The van der Waals surface area contributed by atoms with Crippen LogP contribution in [0.15, 0.2) is 18.2 Å². The van der Waals surface area contributed by atoms with Gasteiger partial charge in [-0.1, -0.05) is 18.2 Å². The molecule has 0 aliphatic heterocycles. The number of methoxy groups -OCH3 is 2. The van der Waals surface area contributed by atoms with Crippen LogP contribution in [0, 0.1) is 13.8 Å². The molecule has 1 aromatic carbocycles. The Kier molecular flexibility index (Phi) is 7.51. The van der Waals surface area contributed by atoms with Crippen molar-refractivity contribution in [1.29, 1.82) is 0 Å². The molecule has 1 aromatic rings. The number of hydrogen-bond donors (Lipinski definition) is 1. The van der Waals surface area contributed by atoms with E-state index in [9.17, 15) is 0 Å². The van der Waals surface area contributed by atoms with Crippen LogP contribution in [0.3, 0.4) is 0 Å². The fourth-order valence-corrected chi connectivity index (χ4v) is 2.20. The molecule has 0 aliphatic rings. The van der Waals surface area contributed by atoms with Gasteiger partial charge >= 0.3 is 0 Å². The van der Waals surface area contributed by atoms with Crippen LogP contribution in [0.1, 0.15) is 11.1 Å². The second-order valence-corrected chi connectivity index (χ2v) is 5.06. The summed E-state index contributed by atoms with van der Waals surface area (Å²) in [7, 11) is 3.38. The van der Waals surface area contributed by atoms with Crippen molar-refractivity contribution in [2.45, 2.75) is 13.8 Å². The largest absolute Gasteiger partial charge is 0.383 e. The standard InChI is InChI=1S/C15H24N2O2S/c1-12-6-5-7-13(2)14(12)16-15(20)17(8-10-18-3)9-11-19-4/h5-7H,8-11H2,1-4H3,(H,16,20). The first kappa shape index (κ1) is 16.9. The lowest BCUT2D eigenvalue weighted by atomic mass is 10.1. The highest BCUT2D eigenvalue weighted by Crippen LogP contribution is 2.19. The van der Waals surface area contributed by atoms with E-state index in [-0.39, 0.29) is 0 Å². The Hall–Kier alpha value is -1.17. The lowest BCUT2D eigenvalue weighted by Gasteiger charge is -2.26. The number of anilines is 1. The van der Waals surface area contributed by atoms with Crippen molar-refractivity contribution in [2.75, 3.05) is 45.8 Å². The van der Waals surface area contributed by atoms with E-state index in [0.29, 0.717) is 18.3 Å². The summed E-state index contributed by atoms with van der Waals surface area (Å²) in [6, 6.07) is 6.20. The Bertz CT molecular complexity index is 410. The zero-order valence-electron chi connectivity index (χ0n) is 12.7. The molecule has 0 heterocycles. The zero-order valence-corrected chi connectivity index (χ0v) is 13.5. The van der Waals surface area contributed by atoms with E-state index in [2.05, 4.69) is 36.2 Å². The molecule has 1 rings (SSSR count). The van der Waals surface area contributed by atoms with E-state index in [1.165, 1.54) is 11.1 Å². The number of benzene rings is 1. The molecule has 0 amide bonds. The monoisotopic (exact) mass is 296 g/mol. The van der Waals surface area contributed by atoms with E-state index in [0.717, 1.165) is 18.8 Å². The van der Waals surface area contributed by atoms with Crippen molar-refractivity contribution in [3.63, 3.8) is 0 Å². The average molecular weight is 296 g/mol. The molecule has 0 saturated carbocycles. The third-order valence-corrected chi connectivity index (χ3v) is 3.49. The number of ether oxygens (including phenoxy) is 2. The molecule has 0 fully saturated rings. The normalized spacial score (nSPS) is 10.4. The van der Waals surface area contributed by atoms with Crippen molar-refractivity contribution in [3.05, 3.63) is 29.3 Å². The van der Waals surface area contributed by atoms with Crippen molar-refractivity contribution >= 4 is 23.0 Å². The predicted molar refractivity (Wildman–Crippen MR) is 87.5 cm³/mol. The summed E-state index contributed by atoms with van der Waals surface area (Å²) in [5.74, 6) is 0. The number of nitrogens with zero attached hydrogens (tertiary/aromatic N) is 1. The van der Waals surface area contributed by atoms with Gasteiger partial charge < -0.3 is 19.7 Å². The molecule has 0 aliphatic carbocycles. The van der Waals surface area contributed by atoms with E-state index >= 15 is 0 Å². The number of rotatable bonds is 7. The van der Waals surface area contributed by atoms with Crippen molar-refractivity contribution in [3.8, 4) is 0 Å². The van der Waals surface area contributed by atoms with Crippen molar-refractivity contribution < 1.29 is 9.47 Å². The summed E-state index contributed by atoms with van der Waals surface area (Å²) in [4.78, 5) is 2.06. The molecule has 5 heteroatoms. The molecule has 0 atom stereocenters. The van der Waals surface area contributed by atoms with Gasteiger partial charge in [-0.15, -0.1) is 0 Å². The molecule has 112 valence electrons. The minimum atomic E-state index is 0.637. The second-order valence-electron chi connectivity index (χ2n) is 4.67. The third-order valence-electron chi connectivity index (χ3n) is 3.13. The van der Waals surface area contributed by atoms with Gasteiger partial charge in [-0.3, -0.25) is 0 Å². The maximum absolute atomic E-state index is 5.51. The van der Waals surface area contributed by atoms with Crippen molar-refractivity contribution in [1.82, 2.24) is 4.90 Å². The van der Waals surface area contributed by atoms with Crippen LogP contribution in [-0.2, 0) is 9.47 Å². The van der Waals surface area contributed by atoms with Gasteiger partial charge in [-0.2, -0.15) is 0 Å². The van der Waals surface area contributed by atoms with Gasteiger partial charge in [0.25, 0.3) is 0 Å². The first-order valence-electron chi connectivity index (χ1n) is 6.70. The van der Waals surface area contributed by atoms with Gasteiger partial charge in [-0.05, 0) is 37.2 Å².